The normalized spacial score (nSPS) is 11.9. The zero-order valence-corrected chi connectivity index (χ0v) is 16.6. The Kier molecular flexibility index (Phi) is 5.39. The Balaban J connectivity index is 1.71. The van der Waals surface area contributed by atoms with Crippen LogP contribution in [0.25, 0.3) is 22.0 Å². The molecule has 28 heavy (non-hydrogen) atoms. The van der Waals surface area contributed by atoms with Gasteiger partial charge in [-0.05, 0) is 36.2 Å². The molecule has 0 spiro atoms. The van der Waals surface area contributed by atoms with Crippen LogP contribution in [0.5, 0.6) is 0 Å². The van der Waals surface area contributed by atoms with Gasteiger partial charge in [-0.15, -0.1) is 0 Å². The fraction of sp³-hybridized carbons (Fsp3) is 0.136. The number of hydrogen-bond donors (Lipinski definition) is 2. The fourth-order valence-electron chi connectivity index (χ4n) is 3.15. The number of rotatable bonds is 6. The zero-order chi connectivity index (χ0) is 19.3. The van der Waals surface area contributed by atoms with Crippen molar-refractivity contribution in [2.75, 3.05) is 16.3 Å². The highest BCUT2D eigenvalue weighted by Crippen LogP contribution is 2.29. The highest BCUT2D eigenvalue weighted by molar-refractivity contribution is 7.99. The van der Waals surface area contributed by atoms with Crippen LogP contribution in [0.1, 0.15) is 18.5 Å². The molecule has 0 aliphatic rings. The van der Waals surface area contributed by atoms with E-state index in [1.165, 1.54) is 5.56 Å². The first-order valence-corrected chi connectivity index (χ1v) is 10.3. The molecule has 4 aromatic rings. The lowest BCUT2D eigenvalue weighted by Gasteiger charge is -2.16. The molecule has 2 heterocycles. The van der Waals surface area contributed by atoms with E-state index in [4.69, 9.17) is 0 Å². The van der Waals surface area contributed by atoms with Crippen molar-refractivity contribution in [3.63, 3.8) is 0 Å². The quantitative estimate of drug-likeness (QED) is 0.423. The van der Waals surface area contributed by atoms with Crippen molar-refractivity contribution in [3.8, 4) is 11.1 Å². The van der Waals surface area contributed by atoms with E-state index in [0.29, 0.717) is 0 Å². The first-order chi connectivity index (χ1) is 13.7. The molecular weight excluding hydrogens is 366 g/mol. The molecule has 2 aromatic carbocycles. The third kappa shape index (κ3) is 3.92. The highest BCUT2D eigenvalue weighted by Gasteiger charge is 2.11. The summed E-state index contributed by atoms with van der Waals surface area (Å²) in [4.78, 5) is 13.3. The van der Waals surface area contributed by atoms with Gasteiger partial charge in [-0.2, -0.15) is 0 Å². The average Bonchev–Trinajstić information content (AvgIpc) is 2.75. The Morgan fingerprint density at radius 3 is 2.61 bits per heavy atom. The predicted molar refractivity (Wildman–Crippen MR) is 118 cm³/mol. The molecule has 0 amide bonds. The number of hydrogen-bond acceptors (Lipinski definition) is 6. The molecule has 5 nitrogen and oxygen atoms in total. The Hall–Kier alpha value is -3.12. The molecule has 6 heteroatoms. The van der Waals surface area contributed by atoms with Crippen molar-refractivity contribution < 1.29 is 0 Å². The molecule has 0 fully saturated rings. The molecule has 2 aromatic heterocycles. The topological polar surface area (TPSA) is 62.7 Å². The van der Waals surface area contributed by atoms with Gasteiger partial charge in [0.25, 0.3) is 0 Å². The number of nitrogens with one attached hydrogen (secondary N) is 2. The summed E-state index contributed by atoms with van der Waals surface area (Å²) in [6.07, 6.45) is 7.29. The van der Waals surface area contributed by atoms with Gasteiger partial charge < -0.3 is 10.0 Å². The first kappa shape index (κ1) is 18.3. The lowest BCUT2D eigenvalue weighted by molar-refractivity contribution is 0.876. The van der Waals surface area contributed by atoms with Crippen LogP contribution in [0.15, 0.2) is 73.3 Å². The average molecular weight is 388 g/mol. The van der Waals surface area contributed by atoms with Crippen LogP contribution in [0.3, 0.4) is 0 Å². The fourth-order valence-corrected chi connectivity index (χ4v) is 3.50. The molecule has 0 saturated carbocycles. The summed E-state index contributed by atoms with van der Waals surface area (Å²) in [7, 11) is 0. The van der Waals surface area contributed by atoms with Crippen LogP contribution in [-0.2, 0) is 0 Å². The minimum absolute atomic E-state index is 0.138. The van der Waals surface area contributed by atoms with E-state index in [-0.39, 0.29) is 6.04 Å². The monoisotopic (exact) mass is 387 g/mol. The van der Waals surface area contributed by atoms with Crippen molar-refractivity contribution in [2.45, 2.75) is 13.0 Å². The van der Waals surface area contributed by atoms with Gasteiger partial charge in [-0.25, -0.2) is 9.97 Å². The van der Waals surface area contributed by atoms with Gasteiger partial charge in [-0.1, -0.05) is 48.3 Å². The second-order valence-electron chi connectivity index (χ2n) is 6.50. The minimum Gasteiger partial charge on any atom is -0.363 e. The Labute approximate surface area is 168 Å². The number of anilines is 2. The Morgan fingerprint density at radius 1 is 0.929 bits per heavy atom. The molecule has 1 unspecified atom stereocenters. The van der Waals surface area contributed by atoms with Crippen molar-refractivity contribution >= 4 is 34.4 Å². The molecule has 2 N–H and O–H groups in total. The molecule has 0 aliphatic carbocycles. The Bertz CT molecular complexity index is 1080. The van der Waals surface area contributed by atoms with Gasteiger partial charge in [-0.3, -0.25) is 4.98 Å². The smallest absolute Gasteiger partial charge is 0.137 e. The summed E-state index contributed by atoms with van der Waals surface area (Å²) in [5, 5.41) is 4.52. The first-order valence-electron chi connectivity index (χ1n) is 9.05. The van der Waals surface area contributed by atoms with Crippen molar-refractivity contribution in [1.29, 1.82) is 0 Å². The number of benzene rings is 2. The van der Waals surface area contributed by atoms with Crippen molar-refractivity contribution in [3.05, 3.63) is 78.9 Å². The molecule has 0 saturated heterocycles. The molecule has 0 radical (unpaired) electrons. The summed E-state index contributed by atoms with van der Waals surface area (Å²) in [5.74, 6) is 0.828. The summed E-state index contributed by atoms with van der Waals surface area (Å²) in [6, 6.07) is 18.8. The van der Waals surface area contributed by atoms with Gasteiger partial charge >= 0.3 is 0 Å². The van der Waals surface area contributed by atoms with Crippen LogP contribution < -0.4 is 10.0 Å². The summed E-state index contributed by atoms with van der Waals surface area (Å²) < 4.78 is 3.23. The highest BCUT2D eigenvalue weighted by atomic mass is 32.2. The lowest BCUT2D eigenvalue weighted by Crippen LogP contribution is -2.08. The van der Waals surface area contributed by atoms with Crippen molar-refractivity contribution in [1.82, 2.24) is 15.0 Å². The lowest BCUT2D eigenvalue weighted by atomic mass is 10.0. The van der Waals surface area contributed by atoms with Gasteiger partial charge in [0.1, 0.15) is 12.1 Å². The maximum Gasteiger partial charge on any atom is 0.137 e. The molecule has 1 atom stereocenters. The third-order valence-electron chi connectivity index (χ3n) is 4.58. The van der Waals surface area contributed by atoms with E-state index < -0.39 is 0 Å². The van der Waals surface area contributed by atoms with E-state index >= 15 is 0 Å². The molecular formula is C22H21N5S. The standard InChI is InChI=1S/C22H21N5S/c1-15(16-6-4-3-5-7-16)26-22-20-11-17(8-9-21(20)24-14-25-22)18-10-19(27-28-2)13-23-12-18/h3-15,27H,1-2H3,(H,24,25,26). The molecule has 4 rings (SSSR count). The summed E-state index contributed by atoms with van der Waals surface area (Å²) >= 11 is 1.55. The van der Waals surface area contributed by atoms with E-state index in [1.807, 2.05) is 42.9 Å². The van der Waals surface area contributed by atoms with E-state index in [0.717, 1.165) is 33.5 Å². The maximum atomic E-state index is 4.50. The SMILES string of the molecule is CSNc1cncc(-c2ccc3ncnc(NC(C)c4ccccc4)c3c2)c1. The van der Waals surface area contributed by atoms with Crippen LogP contribution in [0.4, 0.5) is 11.5 Å². The van der Waals surface area contributed by atoms with Crippen molar-refractivity contribution in [2.24, 2.45) is 0 Å². The second-order valence-corrected chi connectivity index (χ2v) is 7.11. The Morgan fingerprint density at radius 2 is 1.79 bits per heavy atom. The van der Waals surface area contributed by atoms with Crippen LogP contribution >= 0.6 is 11.9 Å². The largest absolute Gasteiger partial charge is 0.363 e. The predicted octanol–water partition coefficient (Wildman–Crippen LogP) is 5.55. The molecule has 0 aliphatic heterocycles. The number of fused-ring (bicyclic) bond motifs is 1. The van der Waals surface area contributed by atoms with Gasteiger partial charge in [0, 0.05) is 29.4 Å². The number of aromatic nitrogens is 3. The van der Waals surface area contributed by atoms with Gasteiger partial charge in [0.05, 0.1) is 17.4 Å². The number of pyridine rings is 1. The van der Waals surface area contributed by atoms with E-state index in [9.17, 15) is 0 Å². The van der Waals surface area contributed by atoms with Crippen LogP contribution in [-0.4, -0.2) is 21.2 Å². The molecule has 0 bridgehead atoms. The maximum absolute atomic E-state index is 4.50. The van der Waals surface area contributed by atoms with Crippen LogP contribution in [0, 0.1) is 0 Å². The molecule has 140 valence electrons. The van der Waals surface area contributed by atoms with Crippen LogP contribution in [0.2, 0.25) is 0 Å². The van der Waals surface area contributed by atoms with Gasteiger partial charge in [0.15, 0.2) is 0 Å². The van der Waals surface area contributed by atoms with Gasteiger partial charge in [0.2, 0.25) is 0 Å². The summed E-state index contributed by atoms with van der Waals surface area (Å²) in [5.41, 5.74) is 5.23. The zero-order valence-electron chi connectivity index (χ0n) is 15.8. The number of nitrogens with zero attached hydrogens (tertiary/aromatic N) is 3. The van der Waals surface area contributed by atoms with E-state index in [2.05, 4.69) is 62.2 Å². The summed E-state index contributed by atoms with van der Waals surface area (Å²) in [6.45, 7) is 2.13. The second kappa shape index (κ2) is 8.27. The third-order valence-corrected chi connectivity index (χ3v) is 5.02. The van der Waals surface area contributed by atoms with E-state index in [1.54, 1.807) is 18.3 Å². The minimum atomic E-state index is 0.138.